The van der Waals surface area contributed by atoms with E-state index in [-0.39, 0.29) is 12.5 Å². The fourth-order valence-electron chi connectivity index (χ4n) is 1.29. The maximum Gasteiger partial charge on any atom is 0.253 e. The first-order chi connectivity index (χ1) is 8.65. The monoisotopic (exact) mass is 246 g/mol. The molecule has 0 spiro atoms. The van der Waals surface area contributed by atoms with Crippen LogP contribution in [0.5, 0.6) is 0 Å². The van der Waals surface area contributed by atoms with Gasteiger partial charge in [0.05, 0.1) is 29.7 Å². The summed E-state index contributed by atoms with van der Waals surface area (Å²) < 4.78 is 12.6. The Morgan fingerprint density at radius 1 is 1.22 bits per heavy atom. The summed E-state index contributed by atoms with van der Waals surface area (Å²) in [6, 6.07) is 2.51. The maximum atomic E-state index is 12.6. The number of aryl methyl sites for hydroxylation is 1. The van der Waals surface area contributed by atoms with Gasteiger partial charge in [0.1, 0.15) is 0 Å². The molecule has 2 aromatic rings. The largest absolute Gasteiger partial charge is 0.346 e. The molecule has 0 unspecified atom stereocenters. The Labute approximate surface area is 103 Å². The van der Waals surface area contributed by atoms with Crippen LogP contribution in [0.4, 0.5) is 4.39 Å². The molecule has 0 saturated heterocycles. The molecule has 0 saturated carbocycles. The Morgan fingerprint density at radius 3 is 2.67 bits per heavy atom. The van der Waals surface area contributed by atoms with Crippen LogP contribution in [0.15, 0.2) is 30.7 Å². The van der Waals surface area contributed by atoms with Crippen molar-refractivity contribution in [3.05, 3.63) is 53.6 Å². The molecule has 1 amide bonds. The number of halogens is 1. The second-order valence-corrected chi connectivity index (χ2v) is 3.70. The third kappa shape index (κ3) is 3.07. The number of hydrogen-bond acceptors (Lipinski definition) is 4. The number of carbonyl (C=O) groups is 1. The Morgan fingerprint density at radius 2 is 2.06 bits per heavy atom. The van der Waals surface area contributed by atoms with Crippen LogP contribution in [-0.2, 0) is 6.54 Å². The maximum absolute atomic E-state index is 12.6. The smallest absolute Gasteiger partial charge is 0.253 e. The third-order valence-corrected chi connectivity index (χ3v) is 2.25. The number of nitrogens with one attached hydrogen (secondary N) is 1. The summed E-state index contributed by atoms with van der Waals surface area (Å²) in [4.78, 5) is 23.3. The van der Waals surface area contributed by atoms with Crippen molar-refractivity contribution in [1.82, 2.24) is 20.3 Å². The van der Waals surface area contributed by atoms with E-state index < -0.39 is 5.95 Å². The molecule has 0 radical (unpaired) electrons. The number of amides is 1. The highest BCUT2D eigenvalue weighted by atomic mass is 19.1. The summed E-state index contributed by atoms with van der Waals surface area (Å²) in [5.74, 6) is -0.944. The van der Waals surface area contributed by atoms with E-state index in [4.69, 9.17) is 0 Å². The Kier molecular flexibility index (Phi) is 3.57. The summed E-state index contributed by atoms with van der Waals surface area (Å²) in [6.45, 7) is 2.10. The van der Waals surface area contributed by atoms with Crippen LogP contribution < -0.4 is 5.32 Å². The number of rotatable bonds is 3. The molecular formula is C12H11FN4O. The van der Waals surface area contributed by atoms with Gasteiger partial charge in [-0.25, -0.2) is 4.98 Å². The van der Waals surface area contributed by atoms with Crippen molar-refractivity contribution in [2.24, 2.45) is 0 Å². The van der Waals surface area contributed by atoms with Crippen molar-refractivity contribution in [2.45, 2.75) is 13.5 Å². The van der Waals surface area contributed by atoms with Crippen LogP contribution >= 0.6 is 0 Å². The number of pyridine rings is 1. The minimum atomic E-state index is -0.615. The number of nitrogens with zero attached hydrogens (tertiary/aromatic N) is 3. The van der Waals surface area contributed by atoms with Gasteiger partial charge in [-0.3, -0.25) is 14.8 Å². The standard InChI is InChI=1S/C12H11FN4O/c1-8-4-15-10(6-14-8)7-17-12(18)9-2-3-11(13)16-5-9/h2-6H,7H2,1H3,(H,17,18). The SMILES string of the molecule is Cc1cnc(CNC(=O)c2ccc(F)nc2)cn1. The second kappa shape index (κ2) is 5.31. The number of aromatic nitrogens is 3. The molecule has 5 nitrogen and oxygen atoms in total. The van der Waals surface area contributed by atoms with E-state index in [1.165, 1.54) is 12.3 Å². The highest BCUT2D eigenvalue weighted by Gasteiger charge is 2.06. The van der Waals surface area contributed by atoms with E-state index in [1.807, 2.05) is 6.92 Å². The Hall–Kier alpha value is -2.37. The van der Waals surface area contributed by atoms with E-state index >= 15 is 0 Å². The molecule has 6 heteroatoms. The fourth-order valence-corrected chi connectivity index (χ4v) is 1.29. The van der Waals surface area contributed by atoms with Crippen LogP contribution in [0.3, 0.4) is 0 Å². The van der Waals surface area contributed by atoms with Gasteiger partial charge in [0.15, 0.2) is 0 Å². The predicted molar refractivity (Wildman–Crippen MR) is 62.1 cm³/mol. The lowest BCUT2D eigenvalue weighted by Gasteiger charge is -2.04. The molecule has 2 rings (SSSR count). The zero-order valence-corrected chi connectivity index (χ0v) is 9.72. The fraction of sp³-hybridized carbons (Fsp3) is 0.167. The van der Waals surface area contributed by atoms with Crippen molar-refractivity contribution in [3.8, 4) is 0 Å². The molecule has 0 fully saturated rings. The summed E-state index contributed by atoms with van der Waals surface area (Å²) in [5.41, 5.74) is 1.77. The molecule has 2 heterocycles. The van der Waals surface area contributed by atoms with Gasteiger partial charge in [-0.2, -0.15) is 4.39 Å². The first-order valence-electron chi connectivity index (χ1n) is 5.32. The molecule has 18 heavy (non-hydrogen) atoms. The Balaban J connectivity index is 1.96. The molecule has 0 aromatic carbocycles. The van der Waals surface area contributed by atoms with Crippen molar-refractivity contribution in [3.63, 3.8) is 0 Å². The highest BCUT2D eigenvalue weighted by molar-refractivity contribution is 5.93. The van der Waals surface area contributed by atoms with Crippen LogP contribution in [0.2, 0.25) is 0 Å². The van der Waals surface area contributed by atoms with Crippen LogP contribution in [0.25, 0.3) is 0 Å². The van der Waals surface area contributed by atoms with E-state index in [2.05, 4.69) is 20.3 Å². The molecule has 92 valence electrons. The zero-order valence-electron chi connectivity index (χ0n) is 9.72. The molecular weight excluding hydrogens is 235 g/mol. The average Bonchev–Trinajstić information content (AvgIpc) is 2.38. The van der Waals surface area contributed by atoms with E-state index in [0.29, 0.717) is 11.3 Å². The molecule has 0 aliphatic rings. The predicted octanol–water partition coefficient (Wildman–Crippen LogP) is 1.25. The lowest BCUT2D eigenvalue weighted by molar-refractivity contribution is 0.0950. The van der Waals surface area contributed by atoms with Crippen LogP contribution in [0.1, 0.15) is 21.7 Å². The van der Waals surface area contributed by atoms with Crippen LogP contribution in [0, 0.1) is 12.9 Å². The summed E-state index contributed by atoms with van der Waals surface area (Å²) in [5, 5.41) is 2.65. The van der Waals surface area contributed by atoms with Gasteiger partial charge in [0.2, 0.25) is 5.95 Å². The van der Waals surface area contributed by atoms with E-state index in [1.54, 1.807) is 12.4 Å². The zero-order chi connectivity index (χ0) is 13.0. The number of carbonyl (C=O) groups excluding carboxylic acids is 1. The average molecular weight is 246 g/mol. The molecule has 0 aliphatic heterocycles. The summed E-state index contributed by atoms with van der Waals surface area (Å²) in [6.07, 6.45) is 4.41. The minimum absolute atomic E-state index is 0.267. The second-order valence-electron chi connectivity index (χ2n) is 3.70. The number of hydrogen-bond donors (Lipinski definition) is 1. The van der Waals surface area contributed by atoms with Crippen molar-refractivity contribution < 1.29 is 9.18 Å². The van der Waals surface area contributed by atoms with Gasteiger partial charge in [-0.15, -0.1) is 0 Å². The first kappa shape index (κ1) is 12.1. The normalized spacial score (nSPS) is 10.1. The molecule has 0 aliphatic carbocycles. The van der Waals surface area contributed by atoms with Crippen molar-refractivity contribution in [1.29, 1.82) is 0 Å². The van der Waals surface area contributed by atoms with Gasteiger partial charge in [-0.05, 0) is 19.1 Å². The summed E-state index contributed by atoms with van der Waals surface area (Å²) in [7, 11) is 0. The van der Waals surface area contributed by atoms with Gasteiger partial charge in [0.25, 0.3) is 5.91 Å². The van der Waals surface area contributed by atoms with Crippen molar-refractivity contribution in [2.75, 3.05) is 0 Å². The topological polar surface area (TPSA) is 67.8 Å². The van der Waals surface area contributed by atoms with E-state index in [9.17, 15) is 9.18 Å². The first-order valence-corrected chi connectivity index (χ1v) is 5.32. The van der Waals surface area contributed by atoms with Gasteiger partial charge in [0, 0.05) is 12.4 Å². The van der Waals surface area contributed by atoms with Crippen LogP contribution in [-0.4, -0.2) is 20.9 Å². The molecule has 1 N–H and O–H groups in total. The van der Waals surface area contributed by atoms with Gasteiger partial charge >= 0.3 is 0 Å². The molecule has 0 bridgehead atoms. The van der Waals surface area contributed by atoms with E-state index in [0.717, 1.165) is 11.8 Å². The lowest BCUT2D eigenvalue weighted by atomic mass is 10.2. The quantitative estimate of drug-likeness (QED) is 0.827. The minimum Gasteiger partial charge on any atom is -0.346 e. The van der Waals surface area contributed by atoms with Gasteiger partial charge < -0.3 is 5.32 Å². The summed E-state index contributed by atoms with van der Waals surface area (Å²) >= 11 is 0. The lowest BCUT2D eigenvalue weighted by Crippen LogP contribution is -2.23. The van der Waals surface area contributed by atoms with Gasteiger partial charge in [-0.1, -0.05) is 0 Å². The van der Waals surface area contributed by atoms with Crippen molar-refractivity contribution >= 4 is 5.91 Å². The highest BCUT2D eigenvalue weighted by Crippen LogP contribution is 2.00. The molecule has 0 atom stereocenters. The molecule has 2 aromatic heterocycles. The Bertz CT molecular complexity index is 539. The third-order valence-electron chi connectivity index (χ3n) is 2.25.